The van der Waals surface area contributed by atoms with Gasteiger partial charge in [-0.05, 0) is 42.4 Å². The van der Waals surface area contributed by atoms with Crippen LogP contribution in [0.5, 0.6) is 0 Å². The molecule has 0 bridgehead atoms. The average Bonchev–Trinajstić information content (AvgIpc) is 2.74. The fraction of sp³-hybridized carbons (Fsp3) is 0.625. The Morgan fingerprint density at radius 3 is 2.15 bits per heavy atom. The molecule has 1 heterocycles. The standard InChI is InChI=1S/C16H21F3O/c1-15(2,3)10-13-8-9-14(20-13)11-4-6-12(7-5-11)16(17,18)19/h4-7,13-14H,8-10H2,1-3H3/t13-,14+/m0/s1. The number of benzene rings is 1. The summed E-state index contributed by atoms with van der Waals surface area (Å²) in [5.41, 5.74) is 0.444. The summed E-state index contributed by atoms with van der Waals surface area (Å²) in [4.78, 5) is 0. The SMILES string of the molecule is CC(C)(C)C[C@@H]1CC[C@H](c2ccc(C(F)(F)F)cc2)O1. The van der Waals surface area contributed by atoms with Crippen molar-refractivity contribution in [2.75, 3.05) is 0 Å². The molecule has 2 atom stereocenters. The maximum Gasteiger partial charge on any atom is 0.416 e. The quantitative estimate of drug-likeness (QED) is 0.711. The summed E-state index contributed by atoms with van der Waals surface area (Å²) < 4.78 is 43.5. The van der Waals surface area contributed by atoms with Gasteiger partial charge in [0.05, 0.1) is 17.8 Å². The normalized spacial score (nSPS) is 24.1. The van der Waals surface area contributed by atoms with E-state index in [1.54, 1.807) is 0 Å². The Hall–Kier alpha value is -1.03. The topological polar surface area (TPSA) is 9.23 Å². The molecule has 0 amide bonds. The second kappa shape index (κ2) is 5.40. The first kappa shape index (κ1) is 15.4. The van der Waals surface area contributed by atoms with Crippen molar-refractivity contribution in [2.45, 2.75) is 58.4 Å². The predicted molar refractivity (Wildman–Crippen MR) is 72.4 cm³/mol. The monoisotopic (exact) mass is 286 g/mol. The Balaban J connectivity index is 2.00. The van der Waals surface area contributed by atoms with E-state index in [0.29, 0.717) is 0 Å². The van der Waals surface area contributed by atoms with E-state index in [1.807, 2.05) is 0 Å². The number of hydrogen-bond donors (Lipinski definition) is 0. The van der Waals surface area contributed by atoms with Crippen molar-refractivity contribution in [3.63, 3.8) is 0 Å². The lowest BCUT2D eigenvalue weighted by Gasteiger charge is -2.23. The first-order valence-electron chi connectivity index (χ1n) is 6.98. The minimum Gasteiger partial charge on any atom is -0.370 e. The molecule has 0 radical (unpaired) electrons. The molecule has 1 saturated heterocycles. The first-order chi connectivity index (χ1) is 9.15. The fourth-order valence-corrected chi connectivity index (χ4v) is 2.67. The molecule has 0 unspecified atom stereocenters. The largest absolute Gasteiger partial charge is 0.416 e. The van der Waals surface area contributed by atoms with E-state index in [-0.39, 0.29) is 17.6 Å². The van der Waals surface area contributed by atoms with Crippen LogP contribution < -0.4 is 0 Å². The minimum absolute atomic E-state index is 0.0652. The molecule has 0 aliphatic carbocycles. The zero-order chi connectivity index (χ0) is 15.0. The second-order valence-corrected chi connectivity index (χ2v) is 6.71. The van der Waals surface area contributed by atoms with E-state index >= 15 is 0 Å². The fourth-order valence-electron chi connectivity index (χ4n) is 2.67. The Bertz CT molecular complexity index is 442. The highest BCUT2D eigenvalue weighted by atomic mass is 19.4. The molecule has 4 heteroatoms. The third-order valence-corrected chi connectivity index (χ3v) is 3.56. The number of ether oxygens (including phenoxy) is 1. The summed E-state index contributed by atoms with van der Waals surface area (Å²) in [6.07, 6.45) is -1.30. The van der Waals surface area contributed by atoms with E-state index in [9.17, 15) is 13.2 Å². The smallest absolute Gasteiger partial charge is 0.370 e. The molecule has 2 rings (SSSR count). The maximum atomic E-state index is 12.5. The molecular formula is C16H21F3O. The molecule has 1 aliphatic rings. The van der Waals surface area contributed by atoms with Gasteiger partial charge in [-0.3, -0.25) is 0 Å². The highest BCUT2D eigenvalue weighted by Gasteiger charge is 2.32. The Morgan fingerprint density at radius 1 is 1.05 bits per heavy atom. The molecule has 0 spiro atoms. The molecule has 0 saturated carbocycles. The van der Waals surface area contributed by atoms with Gasteiger partial charge in [-0.25, -0.2) is 0 Å². The predicted octanol–water partition coefficient (Wildman–Crippen LogP) is 5.36. The van der Waals surface area contributed by atoms with Gasteiger partial charge < -0.3 is 4.74 Å². The molecule has 0 aromatic heterocycles. The maximum absolute atomic E-state index is 12.5. The summed E-state index contributed by atoms with van der Waals surface area (Å²) >= 11 is 0. The van der Waals surface area contributed by atoms with E-state index in [2.05, 4.69) is 20.8 Å². The van der Waals surface area contributed by atoms with Gasteiger partial charge in [0.2, 0.25) is 0 Å². The van der Waals surface area contributed by atoms with Crippen LogP contribution in [-0.2, 0) is 10.9 Å². The van der Waals surface area contributed by atoms with E-state index in [4.69, 9.17) is 4.74 Å². The minimum atomic E-state index is -4.27. The van der Waals surface area contributed by atoms with Crippen LogP contribution in [0.4, 0.5) is 13.2 Å². The Kier molecular flexibility index (Phi) is 4.14. The Morgan fingerprint density at radius 2 is 1.65 bits per heavy atom. The second-order valence-electron chi connectivity index (χ2n) is 6.71. The zero-order valence-corrected chi connectivity index (χ0v) is 12.1. The van der Waals surface area contributed by atoms with Crippen molar-refractivity contribution in [2.24, 2.45) is 5.41 Å². The summed E-state index contributed by atoms with van der Waals surface area (Å²) in [6, 6.07) is 5.34. The molecule has 1 nitrogen and oxygen atoms in total. The summed E-state index contributed by atoms with van der Waals surface area (Å²) in [5.74, 6) is 0. The van der Waals surface area contributed by atoms with Gasteiger partial charge in [0.15, 0.2) is 0 Å². The van der Waals surface area contributed by atoms with Crippen LogP contribution >= 0.6 is 0 Å². The van der Waals surface area contributed by atoms with Gasteiger partial charge >= 0.3 is 6.18 Å². The number of hydrogen-bond acceptors (Lipinski definition) is 1. The van der Waals surface area contributed by atoms with Crippen molar-refractivity contribution < 1.29 is 17.9 Å². The molecule has 112 valence electrons. The third kappa shape index (κ3) is 3.98. The van der Waals surface area contributed by atoms with E-state index in [0.717, 1.165) is 37.0 Å². The molecular weight excluding hydrogens is 265 g/mol. The summed E-state index contributed by atoms with van der Waals surface area (Å²) in [7, 11) is 0. The van der Waals surface area contributed by atoms with Gasteiger partial charge in [-0.15, -0.1) is 0 Å². The number of rotatable bonds is 2. The van der Waals surface area contributed by atoms with Crippen molar-refractivity contribution in [3.05, 3.63) is 35.4 Å². The van der Waals surface area contributed by atoms with Gasteiger partial charge in [-0.2, -0.15) is 13.2 Å². The van der Waals surface area contributed by atoms with Crippen LogP contribution in [0.2, 0.25) is 0 Å². The number of halogens is 3. The van der Waals surface area contributed by atoms with Crippen LogP contribution in [0.1, 0.15) is 57.3 Å². The lowest BCUT2D eigenvalue weighted by Crippen LogP contribution is -2.17. The summed E-state index contributed by atoms with van der Waals surface area (Å²) in [5, 5.41) is 0. The van der Waals surface area contributed by atoms with Crippen LogP contribution in [0.15, 0.2) is 24.3 Å². The average molecular weight is 286 g/mol. The molecule has 1 aromatic carbocycles. The highest BCUT2D eigenvalue weighted by Crippen LogP contribution is 2.38. The van der Waals surface area contributed by atoms with Gasteiger partial charge in [0.25, 0.3) is 0 Å². The van der Waals surface area contributed by atoms with Crippen molar-refractivity contribution in [1.82, 2.24) is 0 Å². The van der Waals surface area contributed by atoms with Crippen LogP contribution in [-0.4, -0.2) is 6.10 Å². The number of alkyl halides is 3. The Labute approximate surface area is 118 Å². The molecule has 0 N–H and O–H groups in total. The van der Waals surface area contributed by atoms with Crippen molar-refractivity contribution >= 4 is 0 Å². The molecule has 1 fully saturated rings. The van der Waals surface area contributed by atoms with E-state index < -0.39 is 11.7 Å². The summed E-state index contributed by atoms with van der Waals surface area (Å²) in [6.45, 7) is 6.51. The third-order valence-electron chi connectivity index (χ3n) is 3.56. The van der Waals surface area contributed by atoms with Crippen molar-refractivity contribution in [3.8, 4) is 0 Å². The van der Waals surface area contributed by atoms with Crippen molar-refractivity contribution in [1.29, 1.82) is 0 Å². The zero-order valence-electron chi connectivity index (χ0n) is 12.1. The van der Waals surface area contributed by atoms with Crippen LogP contribution in [0, 0.1) is 5.41 Å². The molecule has 20 heavy (non-hydrogen) atoms. The lowest BCUT2D eigenvalue weighted by molar-refractivity contribution is -0.137. The highest BCUT2D eigenvalue weighted by molar-refractivity contribution is 5.26. The first-order valence-corrected chi connectivity index (χ1v) is 6.98. The lowest BCUT2D eigenvalue weighted by atomic mass is 9.88. The van der Waals surface area contributed by atoms with Gasteiger partial charge in [0.1, 0.15) is 0 Å². The van der Waals surface area contributed by atoms with Gasteiger partial charge in [-0.1, -0.05) is 32.9 Å². The van der Waals surface area contributed by atoms with Crippen LogP contribution in [0.3, 0.4) is 0 Å². The van der Waals surface area contributed by atoms with Crippen LogP contribution in [0.25, 0.3) is 0 Å². The van der Waals surface area contributed by atoms with Gasteiger partial charge in [0, 0.05) is 0 Å². The molecule has 1 aromatic rings. The molecule has 1 aliphatic heterocycles. The van der Waals surface area contributed by atoms with E-state index in [1.165, 1.54) is 12.1 Å².